The molecule has 0 fully saturated rings. The van der Waals surface area contributed by atoms with E-state index in [4.69, 9.17) is 17.3 Å². The Bertz CT molecular complexity index is 862. The lowest BCUT2D eigenvalue weighted by Gasteiger charge is -2.31. The van der Waals surface area contributed by atoms with E-state index < -0.39 is 23.9 Å². The maximum Gasteiger partial charge on any atom is 0.257 e. The average Bonchev–Trinajstić information content (AvgIpc) is 2.64. The zero-order valence-corrected chi connectivity index (χ0v) is 15.1. The molecular formula is C17H15ClF2N4OS. The van der Waals surface area contributed by atoms with Gasteiger partial charge < -0.3 is 11.1 Å². The van der Waals surface area contributed by atoms with E-state index in [0.717, 1.165) is 0 Å². The van der Waals surface area contributed by atoms with Crippen molar-refractivity contribution in [3.8, 4) is 0 Å². The van der Waals surface area contributed by atoms with Crippen molar-refractivity contribution >= 4 is 40.1 Å². The minimum atomic E-state index is -1.16. The van der Waals surface area contributed by atoms with E-state index in [0.29, 0.717) is 17.7 Å². The third-order valence-corrected chi connectivity index (χ3v) is 5.07. The third-order valence-electron chi connectivity index (χ3n) is 4.05. The number of pyridine rings is 1. The molecule has 1 atom stereocenters. The fourth-order valence-electron chi connectivity index (χ4n) is 2.62. The van der Waals surface area contributed by atoms with E-state index in [1.165, 1.54) is 48.3 Å². The number of anilines is 1. The summed E-state index contributed by atoms with van der Waals surface area (Å²) >= 11 is 7.04. The van der Waals surface area contributed by atoms with Gasteiger partial charge in [0.05, 0.1) is 11.3 Å². The van der Waals surface area contributed by atoms with Crippen LogP contribution in [0, 0.1) is 5.82 Å². The first-order chi connectivity index (χ1) is 12.4. The number of thioether (sulfide) groups is 1. The SMILES string of the molecule is NC1=NC(CF)(c2ccc(F)c(NC(=O)c3ccc(Cl)nc3)c2)CCS1. The van der Waals surface area contributed by atoms with Gasteiger partial charge in [-0.25, -0.2) is 18.8 Å². The quantitative estimate of drug-likeness (QED) is 0.771. The summed E-state index contributed by atoms with van der Waals surface area (Å²) in [6, 6.07) is 6.96. The Morgan fingerprint density at radius 3 is 2.85 bits per heavy atom. The third kappa shape index (κ3) is 3.81. The number of carbonyl (C=O) groups excluding carboxylic acids is 1. The number of carbonyl (C=O) groups is 1. The fraction of sp³-hybridized carbons (Fsp3) is 0.235. The molecule has 1 aromatic carbocycles. The van der Waals surface area contributed by atoms with Gasteiger partial charge in [-0.15, -0.1) is 0 Å². The van der Waals surface area contributed by atoms with Crippen LogP contribution >= 0.6 is 23.4 Å². The number of amides is 1. The molecule has 2 aromatic rings. The highest BCUT2D eigenvalue weighted by atomic mass is 35.5. The number of nitrogens with one attached hydrogen (secondary N) is 1. The molecule has 0 saturated carbocycles. The fourth-order valence-corrected chi connectivity index (χ4v) is 3.62. The van der Waals surface area contributed by atoms with Crippen LogP contribution in [0.3, 0.4) is 0 Å². The van der Waals surface area contributed by atoms with Crippen LogP contribution in [0.1, 0.15) is 22.3 Å². The lowest BCUT2D eigenvalue weighted by atomic mass is 9.88. The second kappa shape index (κ2) is 7.59. The van der Waals surface area contributed by atoms with Gasteiger partial charge in [0.25, 0.3) is 5.91 Å². The van der Waals surface area contributed by atoms with Crippen LogP contribution in [0.5, 0.6) is 0 Å². The lowest BCUT2D eigenvalue weighted by Crippen LogP contribution is -2.34. The summed E-state index contributed by atoms with van der Waals surface area (Å²) in [6.07, 6.45) is 1.71. The van der Waals surface area contributed by atoms with E-state index in [2.05, 4.69) is 15.3 Å². The van der Waals surface area contributed by atoms with Crippen LogP contribution in [-0.4, -0.2) is 28.5 Å². The molecule has 0 aliphatic carbocycles. The molecular weight excluding hydrogens is 382 g/mol. The summed E-state index contributed by atoms with van der Waals surface area (Å²) in [5, 5.41) is 3.00. The maximum absolute atomic E-state index is 14.2. The van der Waals surface area contributed by atoms with Crippen molar-refractivity contribution in [2.45, 2.75) is 12.0 Å². The number of amidine groups is 1. The Labute approximate surface area is 158 Å². The molecule has 0 radical (unpaired) electrons. The van der Waals surface area contributed by atoms with Crippen molar-refractivity contribution < 1.29 is 13.6 Å². The largest absolute Gasteiger partial charge is 0.379 e. The summed E-state index contributed by atoms with van der Waals surface area (Å²) in [5.74, 6) is -0.587. The number of hydrogen-bond donors (Lipinski definition) is 2. The first-order valence-corrected chi connectivity index (χ1v) is 9.07. The molecule has 2 heterocycles. The van der Waals surface area contributed by atoms with Crippen molar-refractivity contribution in [1.29, 1.82) is 0 Å². The molecule has 1 unspecified atom stereocenters. The molecule has 1 aromatic heterocycles. The molecule has 136 valence electrons. The number of aliphatic imine (C=N–C) groups is 1. The van der Waals surface area contributed by atoms with Gasteiger partial charge >= 0.3 is 0 Å². The monoisotopic (exact) mass is 396 g/mol. The van der Waals surface area contributed by atoms with Crippen molar-refractivity contribution in [2.75, 3.05) is 17.7 Å². The van der Waals surface area contributed by atoms with E-state index in [9.17, 15) is 13.6 Å². The molecule has 1 aliphatic rings. The number of rotatable bonds is 4. The minimum Gasteiger partial charge on any atom is -0.379 e. The van der Waals surface area contributed by atoms with Crippen LogP contribution in [0.2, 0.25) is 5.15 Å². The highest BCUT2D eigenvalue weighted by Crippen LogP contribution is 2.37. The Morgan fingerprint density at radius 2 is 2.19 bits per heavy atom. The lowest BCUT2D eigenvalue weighted by molar-refractivity contribution is 0.102. The van der Waals surface area contributed by atoms with Crippen molar-refractivity contribution in [3.63, 3.8) is 0 Å². The number of aromatic nitrogens is 1. The summed E-state index contributed by atoms with van der Waals surface area (Å²) in [5.41, 5.74) is 5.19. The summed E-state index contributed by atoms with van der Waals surface area (Å²) in [7, 11) is 0. The second-order valence-corrected chi connectivity index (χ2v) is 7.23. The number of halogens is 3. The van der Waals surface area contributed by atoms with Gasteiger partial charge in [-0.3, -0.25) is 4.79 Å². The Balaban J connectivity index is 1.91. The molecule has 0 spiro atoms. The summed E-state index contributed by atoms with van der Waals surface area (Å²) in [4.78, 5) is 20.3. The molecule has 0 bridgehead atoms. The van der Waals surface area contributed by atoms with Gasteiger partial charge in [-0.2, -0.15) is 0 Å². The Hall–Kier alpha value is -2.19. The number of nitrogens with two attached hydrogens (primary N) is 1. The summed E-state index contributed by atoms with van der Waals surface area (Å²) in [6.45, 7) is -0.769. The smallest absolute Gasteiger partial charge is 0.257 e. The standard InChI is InChI=1S/C17H15ClF2N4OS/c18-14-4-1-10(8-22-14)15(25)23-13-7-11(2-3-12(13)20)17(9-19)5-6-26-16(21)24-17/h1-4,7-8H,5-6,9H2,(H2,21,24)(H,23,25). The van der Waals surface area contributed by atoms with Crippen molar-refractivity contribution in [2.24, 2.45) is 10.7 Å². The van der Waals surface area contributed by atoms with Crippen LogP contribution in [0.4, 0.5) is 14.5 Å². The molecule has 5 nitrogen and oxygen atoms in total. The van der Waals surface area contributed by atoms with E-state index in [1.54, 1.807) is 0 Å². The highest BCUT2D eigenvalue weighted by molar-refractivity contribution is 8.13. The number of hydrogen-bond acceptors (Lipinski definition) is 5. The molecule has 1 amide bonds. The van der Waals surface area contributed by atoms with Gasteiger partial charge in [-0.1, -0.05) is 29.4 Å². The normalized spacial score (nSPS) is 19.7. The molecule has 0 saturated heterocycles. The first kappa shape index (κ1) is 18.6. The van der Waals surface area contributed by atoms with Crippen molar-refractivity contribution in [1.82, 2.24) is 4.98 Å². The predicted molar refractivity (Wildman–Crippen MR) is 100.0 cm³/mol. The topological polar surface area (TPSA) is 80.4 Å². The number of benzene rings is 1. The molecule has 9 heteroatoms. The predicted octanol–water partition coefficient (Wildman–Crippen LogP) is 3.74. The van der Waals surface area contributed by atoms with E-state index in [-0.39, 0.29) is 21.6 Å². The number of nitrogens with zero attached hydrogens (tertiary/aromatic N) is 2. The van der Waals surface area contributed by atoms with Gasteiger partial charge in [0.2, 0.25) is 0 Å². The van der Waals surface area contributed by atoms with Gasteiger partial charge in [0.15, 0.2) is 5.17 Å². The van der Waals surface area contributed by atoms with Crippen LogP contribution < -0.4 is 11.1 Å². The van der Waals surface area contributed by atoms with Crippen LogP contribution in [0.15, 0.2) is 41.5 Å². The highest BCUT2D eigenvalue weighted by Gasteiger charge is 2.35. The van der Waals surface area contributed by atoms with E-state index in [1.807, 2.05) is 0 Å². The molecule has 3 rings (SSSR count). The van der Waals surface area contributed by atoms with Gasteiger partial charge in [0.1, 0.15) is 23.2 Å². The zero-order chi connectivity index (χ0) is 18.7. The molecule has 3 N–H and O–H groups in total. The minimum absolute atomic E-state index is 0.0673. The van der Waals surface area contributed by atoms with Crippen molar-refractivity contribution in [3.05, 3.63) is 58.6 Å². The average molecular weight is 397 g/mol. The Kier molecular flexibility index (Phi) is 5.43. The molecule has 26 heavy (non-hydrogen) atoms. The van der Waals surface area contributed by atoms with Gasteiger partial charge in [0, 0.05) is 11.9 Å². The first-order valence-electron chi connectivity index (χ1n) is 7.70. The Morgan fingerprint density at radius 1 is 1.38 bits per heavy atom. The van der Waals surface area contributed by atoms with Crippen LogP contribution in [-0.2, 0) is 5.54 Å². The maximum atomic E-state index is 14.2. The molecule has 1 aliphatic heterocycles. The van der Waals surface area contributed by atoms with Crippen LogP contribution in [0.25, 0.3) is 0 Å². The zero-order valence-electron chi connectivity index (χ0n) is 13.5. The van der Waals surface area contributed by atoms with Gasteiger partial charge in [-0.05, 0) is 36.2 Å². The second-order valence-electron chi connectivity index (χ2n) is 5.73. The van der Waals surface area contributed by atoms with E-state index >= 15 is 0 Å². The number of alkyl halides is 1. The summed E-state index contributed by atoms with van der Waals surface area (Å²) < 4.78 is 28.0.